The smallest absolute Gasteiger partial charge is 0.332 e. The lowest BCUT2D eigenvalue weighted by Gasteiger charge is -2.21. The highest BCUT2D eigenvalue weighted by Crippen LogP contribution is 2.63. The number of hydrogen-bond donors (Lipinski definition) is 0. The van der Waals surface area contributed by atoms with Crippen LogP contribution in [0.4, 0.5) is 22.0 Å². The molecule has 1 amide bonds. The zero-order valence-corrected chi connectivity index (χ0v) is 17.2. The van der Waals surface area contributed by atoms with Crippen molar-refractivity contribution in [2.45, 2.75) is 49.1 Å². The summed E-state index contributed by atoms with van der Waals surface area (Å²) in [6.07, 6.45) is -1.67. The van der Waals surface area contributed by atoms with E-state index in [4.69, 9.17) is 8.60 Å². The van der Waals surface area contributed by atoms with Crippen LogP contribution in [0.15, 0.2) is 16.5 Å². The monoisotopic (exact) mass is 475 g/mol. The fraction of sp³-hybridized carbons (Fsp3) is 0.526. The minimum atomic E-state index is -2.98. The number of nitrogens with zero attached hydrogens (tertiary/aromatic N) is 4. The van der Waals surface area contributed by atoms with Crippen molar-refractivity contribution in [2.75, 3.05) is 13.1 Å². The largest absolute Gasteiger partial charge is 0.415 e. The standard InChI is InChI=1S/C19H16F5N4O3S/c20-13-4-9(15-25-26-16(30-15)14(21)22)3-11-12(13)7-27(17(11)29)6-10-5-18(23,24)8-28(10)32-19(31-32)1-2-19/h3-4,10,14H,1-2,5-8H2/q+1. The summed E-state index contributed by atoms with van der Waals surface area (Å²) < 4.78 is 80.6. The molecule has 1 aliphatic carbocycles. The van der Waals surface area contributed by atoms with Gasteiger partial charge in [-0.25, -0.2) is 13.2 Å². The van der Waals surface area contributed by atoms with Crippen molar-refractivity contribution in [1.82, 2.24) is 19.4 Å². The van der Waals surface area contributed by atoms with Gasteiger partial charge >= 0.3 is 11.4 Å². The third-order valence-corrected chi connectivity index (χ3v) is 8.40. The van der Waals surface area contributed by atoms with Gasteiger partial charge in [-0.1, -0.05) is 8.49 Å². The van der Waals surface area contributed by atoms with Gasteiger partial charge in [0.15, 0.2) is 0 Å². The van der Waals surface area contributed by atoms with Gasteiger partial charge in [0.1, 0.15) is 12.4 Å². The van der Waals surface area contributed by atoms with Crippen molar-refractivity contribution in [3.8, 4) is 11.5 Å². The molecule has 0 bridgehead atoms. The lowest BCUT2D eigenvalue weighted by molar-refractivity contribution is 0.0167. The Morgan fingerprint density at radius 3 is 2.69 bits per heavy atom. The Morgan fingerprint density at radius 2 is 2.03 bits per heavy atom. The Bertz CT molecular complexity index is 1120. The fourth-order valence-corrected chi connectivity index (χ4v) is 6.56. The minimum absolute atomic E-state index is 0.00610. The molecule has 2 unspecified atom stereocenters. The van der Waals surface area contributed by atoms with Crippen LogP contribution in [0.2, 0.25) is 0 Å². The predicted octanol–water partition coefficient (Wildman–Crippen LogP) is 3.45. The van der Waals surface area contributed by atoms with Crippen LogP contribution in [0.1, 0.15) is 47.5 Å². The van der Waals surface area contributed by atoms with Gasteiger partial charge in [0.2, 0.25) is 5.89 Å². The zero-order valence-electron chi connectivity index (χ0n) is 16.4. The first-order chi connectivity index (χ1) is 15.2. The van der Waals surface area contributed by atoms with Gasteiger partial charge in [-0.15, -0.1) is 10.2 Å². The average molecular weight is 475 g/mol. The third kappa shape index (κ3) is 3.20. The lowest BCUT2D eigenvalue weighted by atomic mass is 10.1. The predicted molar refractivity (Wildman–Crippen MR) is 99.9 cm³/mol. The van der Waals surface area contributed by atoms with E-state index in [-0.39, 0.29) is 40.6 Å². The quantitative estimate of drug-likeness (QED) is 0.375. The van der Waals surface area contributed by atoms with Crippen molar-refractivity contribution in [3.63, 3.8) is 0 Å². The average Bonchev–Trinajstić information content (AvgIpc) is 3.49. The normalized spacial score (nSPS) is 27.6. The molecule has 4 heterocycles. The first-order valence-electron chi connectivity index (χ1n) is 9.98. The van der Waals surface area contributed by atoms with Crippen LogP contribution in [-0.2, 0) is 22.1 Å². The van der Waals surface area contributed by atoms with Crippen LogP contribution in [0.25, 0.3) is 11.5 Å². The van der Waals surface area contributed by atoms with E-state index >= 15 is 0 Å². The molecule has 3 aliphatic heterocycles. The van der Waals surface area contributed by atoms with Crippen molar-refractivity contribution in [1.29, 1.82) is 0 Å². The van der Waals surface area contributed by atoms with E-state index in [0.29, 0.717) is 0 Å². The number of halogens is 5. The maximum Gasteiger partial charge on any atom is 0.332 e. The van der Waals surface area contributed by atoms with Crippen molar-refractivity contribution in [3.05, 3.63) is 35.0 Å². The lowest BCUT2D eigenvalue weighted by Crippen LogP contribution is -2.41. The van der Waals surface area contributed by atoms with Gasteiger partial charge < -0.3 is 9.32 Å². The third-order valence-electron chi connectivity index (χ3n) is 6.09. The van der Waals surface area contributed by atoms with Gasteiger partial charge in [-0.3, -0.25) is 4.79 Å². The van der Waals surface area contributed by atoms with Crippen LogP contribution >= 0.6 is 0 Å². The summed E-state index contributed by atoms with van der Waals surface area (Å²) in [6.45, 7) is -0.474. The molecule has 13 heteroatoms. The Kier molecular flexibility index (Phi) is 4.22. The highest BCUT2D eigenvalue weighted by Gasteiger charge is 2.86. The van der Waals surface area contributed by atoms with E-state index in [1.807, 2.05) is 0 Å². The molecule has 3 fully saturated rings. The van der Waals surface area contributed by atoms with Crippen LogP contribution < -0.4 is 0 Å². The van der Waals surface area contributed by atoms with E-state index in [2.05, 4.69) is 10.2 Å². The van der Waals surface area contributed by atoms with Crippen LogP contribution in [0.3, 0.4) is 0 Å². The topological polar surface area (TPSA) is 75.0 Å². The molecular formula is C19H16F5N4O3S+. The second kappa shape index (κ2) is 6.64. The summed E-state index contributed by atoms with van der Waals surface area (Å²) in [6, 6.07) is 1.73. The molecule has 1 aromatic heterocycles. The van der Waals surface area contributed by atoms with E-state index in [0.717, 1.165) is 18.9 Å². The molecule has 2 atom stereocenters. The van der Waals surface area contributed by atoms with Gasteiger partial charge in [0, 0.05) is 49.0 Å². The van der Waals surface area contributed by atoms with Gasteiger partial charge in [-0.05, 0) is 12.1 Å². The molecule has 0 radical (unpaired) electrons. The molecule has 0 N–H and O–H groups in total. The molecule has 1 aromatic carbocycles. The van der Waals surface area contributed by atoms with Crippen molar-refractivity contribution < 1.29 is 35.3 Å². The number of hydrogen-bond acceptors (Lipinski definition) is 6. The molecule has 1 saturated carbocycles. The highest BCUT2D eigenvalue weighted by molar-refractivity contribution is 7.97. The highest BCUT2D eigenvalue weighted by atomic mass is 32.2. The number of benzene rings is 1. The maximum atomic E-state index is 14.7. The first kappa shape index (κ1) is 20.4. The Hall–Kier alpha value is -2.25. The number of amides is 1. The SMILES string of the molecule is O=C1c2cc(-c3nnc(C(F)F)o3)cc(F)c2CN1CC1CC(F)(F)CN1[S+]1OC12CC2. The number of rotatable bonds is 5. The number of carbonyl (C=O) groups is 1. The Balaban J connectivity index is 1.23. The number of carbonyl (C=O) groups excluding carboxylic acids is 1. The number of fused-ring (bicyclic) bond motifs is 1. The van der Waals surface area contributed by atoms with Crippen LogP contribution in [0, 0.1) is 5.82 Å². The summed E-state index contributed by atoms with van der Waals surface area (Å²) in [7, 11) is 0. The van der Waals surface area contributed by atoms with E-state index < -0.39 is 60.3 Å². The Morgan fingerprint density at radius 1 is 1.25 bits per heavy atom. The summed E-state index contributed by atoms with van der Waals surface area (Å²) in [4.78, 5) is 14.0. The van der Waals surface area contributed by atoms with Crippen molar-refractivity contribution in [2.24, 2.45) is 0 Å². The number of aromatic nitrogens is 2. The summed E-state index contributed by atoms with van der Waals surface area (Å²) in [5, 5.41) is 6.69. The second-order valence-electron chi connectivity index (χ2n) is 8.45. The molecule has 4 aliphatic rings. The van der Waals surface area contributed by atoms with Crippen molar-refractivity contribution >= 4 is 17.3 Å². The number of alkyl halides is 4. The molecule has 170 valence electrons. The summed E-state index contributed by atoms with van der Waals surface area (Å²) >= 11 is -0.661. The molecule has 32 heavy (non-hydrogen) atoms. The maximum absolute atomic E-state index is 14.7. The Labute approximate surface area is 181 Å². The van der Waals surface area contributed by atoms with Crippen LogP contribution in [-0.4, -0.2) is 55.3 Å². The molecule has 1 spiro atoms. The fourth-order valence-electron chi connectivity index (χ4n) is 4.35. The van der Waals surface area contributed by atoms with Gasteiger partial charge in [0.05, 0.1) is 6.04 Å². The zero-order chi connectivity index (χ0) is 22.4. The molecule has 7 nitrogen and oxygen atoms in total. The van der Waals surface area contributed by atoms with Gasteiger partial charge in [-0.2, -0.15) is 8.78 Å². The molecular weight excluding hydrogens is 459 g/mol. The van der Waals surface area contributed by atoms with E-state index in [1.165, 1.54) is 11.0 Å². The summed E-state index contributed by atoms with van der Waals surface area (Å²) in [5.74, 6) is -5.38. The minimum Gasteiger partial charge on any atom is -0.415 e. The summed E-state index contributed by atoms with van der Waals surface area (Å²) in [5.41, 5.74) is 0.137. The first-order valence-corrected chi connectivity index (χ1v) is 11.1. The second-order valence-corrected chi connectivity index (χ2v) is 10.3. The van der Waals surface area contributed by atoms with E-state index in [9.17, 15) is 26.7 Å². The van der Waals surface area contributed by atoms with Gasteiger partial charge in [0.25, 0.3) is 29.1 Å². The van der Waals surface area contributed by atoms with E-state index in [1.54, 1.807) is 4.31 Å². The molecule has 2 saturated heterocycles. The molecule has 6 rings (SSSR count). The van der Waals surface area contributed by atoms with Crippen LogP contribution in [0.5, 0.6) is 0 Å². The molecule has 2 aromatic rings.